The standard InChI is InChI=1S/C23H28F3N7O/c24-23(25,26)34-18-8-4-3-7-17(18)30-20-19-21(33(13-28-19)16-5-1-2-6-16)32-22(31-20)29-15-11-9-14(27)10-12-15/h3-4,7-8,13-16H,1-2,5-6,9-12,27H2,(H2,29,30,31,32). The lowest BCUT2D eigenvalue weighted by atomic mass is 9.92. The molecule has 0 unspecified atom stereocenters. The molecule has 0 amide bonds. The molecule has 2 fully saturated rings. The summed E-state index contributed by atoms with van der Waals surface area (Å²) in [5.41, 5.74) is 7.34. The average molecular weight is 476 g/mol. The number of hydrogen-bond acceptors (Lipinski definition) is 7. The number of para-hydroxylation sites is 2. The lowest BCUT2D eigenvalue weighted by molar-refractivity contribution is -0.274. The van der Waals surface area contributed by atoms with E-state index in [0.29, 0.717) is 29.0 Å². The summed E-state index contributed by atoms with van der Waals surface area (Å²) in [5, 5.41) is 6.42. The van der Waals surface area contributed by atoms with Gasteiger partial charge in [0, 0.05) is 18.1 Å². The third-order valence-corrected chi connectivity index (χ3v) is 6.61. The molecule has 34 heavy (non-hydrogen) atoms. The average Bonchev–Trinajstić information content (AvgIpc) is 3.45. The number of nitrogens with one attached hydrogen (secondary N) is 2. The van der Waals surface area contributed by atoms with Crippen LogP contribution in [0.5, 0.6) is 5.75 Å². The van der Waals surface area contributed by atoms with Gasteiger partial charge in [-0.3, -0.25) is 0 Å². The van der Waals surface area contributed by atoms with Gasteiger partial charge in [-0.05, 0) is 50.7 Å². The van der Waals surface area contributed by atoms with Gasteiger partial charge in [-0.1, -0.05) is 25.0 Å². The van der Waals surface area contributed by atoms with Crippen molar-refractivity contribution in [2.75, 3.05) is 10.6 Å². The Bertz CT molecular complexity index is 1140. The highest BCUT2D eigenvalue weighted by Gasteiger charge is 2.32. The summed E-state index contributed by atoms with van der Waals surface area (Å²) in [6.45, 7) is 0. The minimum Gasteiger partial charge on any atom is -0.404 e. The van der Waals surface area contributed by atoms with E-state index in [1.54, 1.807) is 12.4 Å². The Balaban J connectivity index is 1.51. The lowest BCUT2D eigenvalue weighted by Gasteiger charge is -2.27. The van der Waals surface area contributed by atoms with Crippen LogP contribution in [-0.2, 0) is 0 Å². The van der Waals surface area contributed by atoms with Crippen molar-refractivity contribution in [3.05, 3.63) is 30.6 Å². The zero-order valence-corrected chi connectivity index (χ0v) is 18.7. The predicted molar refractivity (Wildman–Crippen MR) is 123 cm³/mol. The smallest absolute Gasteiger partial charge is 0.404 e. The van der Waals surface area contributed by atoms with Crippen molar-refractivity contribution in [1.82, 2.24) is 19.5 Å². The second-order valence-electron chi connectivity index (χ2n) is 9.08. The minimum atomic E-state index is -4.81. The van der Waals surface area contributed by atoms with Crippen molar-refractivity contribution in [2.24, 2.45) is 5.73 Å². The van der Waals surface area contributed by atoms with E-state index in [1.807, 2.05) is 0 Å². The Morgan fingerprint density at radius 2 is 1.74 bits per heavy atom. The van der Waals surface area contributed by atoms with Crippen molar-refractivity contribution in [3.63, 3.8) is 0 Å². The van der Waals surface area contributed by atoms with Crippen molar-refractivity contribution in [1.29, 1.82) is 0 Å². The van der Waals surface area contributed by atoms with E-state index in [0.717, 1.165) is 51.4 Å². The Hall–Kier alpha value is -3.08. The number of nitrogens with two attached hydrogens (primary N) is 1. The van der Waals surface area contributed by atoms with E-state index in [4.69, 9.17) is 10.7 Å². The van der Waals surface area contributed by atoms with Gasteiger partial charge in [-0.15, -0.1) is 13.2 Å². The minimum absolute atomic E-state index is 0.143. The summed E-state index contributed by atoms with van der Waals surface area (Å²) in [6.07, 6.45) is 5.00. The molecule has 0 atom stereocenters. The van der Waals surface area contributed by atoms with Crippen molar-refractivity contribution in [2.45, 2.75) is 75.9 Å². The number of fused-ring (bicyclic) bond motifs is 1. The molecular formula is C23H28F3N7O. The number of benzene rings is 1. The molecule has 0 aliphatic heterocycles. The second kappa shape index (κ2) is 9.28. The van der Waals surface area contributed by atoms with Crippen molar-refractivity contribution >= 4 is 28.6 Å². The summed E-state index contributed by atoms with van der Waals surface area (Å²) in [4.78, 5) is 13.9. The molecule has 1 aromatic carbocycles. The molecule has 0 spiro atoms. The topological polar surface area (TPSA) is 103 Å². The second-order valence-corrected chi connectivity index (χ2v) is 9.08. The van der Waals surface area contributed by atoms with Gasteiger partial charge < -0.3 is 25.7 Å². The van der Waals surface area contributed by atoms with Crippen LogP contribution < -0.4 is 21.1 Å². The first kappa shape index (κ1) is 22.7. The van der Waals surface area contributed by atoms with Gasteiger partial charge in [0.25, 0.3) is 0 Å². The van der Waals surface area contributed by atoms with Crippen LogP contribution in [-0.4, -0.2) is 38.0 Å². The van der Waals surface area contributed by atoms with Crippen LogP contribution in [0.15, 0.2) is 30.6 Å². The van der Waals surface area contributed by atoms with Crippen LogP contribution >= 0.6 is 0 Å². The maximum absolute atomic E-state index is 12.9. The molecule has 4 N–H and O–H groups in total. The van der Waals surface area contributed by atoms with E-state index >= 15 is 0 Å². The largest absolute Gasteiger partial charge is 0.573 e. The SMILES string of the molecule is NC1CCC(Nc2nc(Nc3ccccc3OC(F)(F)F)c3ncn(C4CCCC4)c3n2)CC1. The summed E-state index contributed by atoms with van der Waals surface area (Å²) in [6, 6.07) is 6.59. The van der Waals surface area contributed by atoms with Gasteiger partial charge >= 0.3 is 6.36 Å². The lowest BCUT2D eigenvalue weighted by Crippen LogP contribution is -2.33. The molecule has 5 rings (SSSR count). The van der Waals surface area contributed by atoms with E-state index in [-0.39, 0.29) is 23.5 Å². The number of halogens is 3. The number of anilines is 3. The van der Waals surface area contributed by atoms with E-state index in [2.05, 4.69) is 29.9 Å². The van der Waals surface area contributed by atoms with Gasteiger partial charge in [0.15, 0.2) is 22.7 Å². The molecule has 2 saturated carbocycles. The van der Waals surface area contributed by atoms with E-state index < -0.39 is 6.36 Å². The van der Waals surface area contributed by atoms with Crippen LogP contribution in [0.1, 0.15) is 57.4 Å². The number of alkyl halides is 3. The first-order chi connectivity index (χ1) is 16.4. The maximum Gasteiger partial charge on any atom is 0.573 e. The number of aromatic nitrogens is 4. The highest BCUT2D eigenvalue weighted by molar-refractivity contribution is 5.87. The number of hydrogen-bond donors (Lipinski definition) is 3. The predicted octanol–water partition coefficient (Wildman–Crippen LogP) is 5.27. The molecule has 8 nitrogen and oxygen atoms in total. The number of ether oxygens (including phenoxy) is 1. The Labute approximate surface area is 195 Å². The van der Waals surface area contributed by atoms with Gasteiger partial charge in [-0.25, -0.2) is 4.98 Å². The molecule has 2 heterocycles. The highest BCUT2D eigenvalue weighted by Crippen LogP contribution is 2.36. The Morgan fingerprint density at radius 3 is 2.47 bits per heavy atom. The summed E-state index contributed by atoms with van der Waals surface area (Å²) >= 11 is 0. The fraction of sp³-hybridized carbons (Fsp3) is 0.522. The van der Waals surface area contributed by atoms with Crippen molar-refractivity contribution < 1.29 is 17.9 Å². The summed E-state index contributed by atoms with van der Waals surface area (Å²) in [5.74, 6) is 0.409. The molecule has 11 heteroatoms. The van der Waals surface area contributed by atoms with Crippen LogP contribution in [0.25, 0.3) is 11.2 Å². The van der Waals surface area contributed by atoms with Gasteiger partial charge in [0.05, 0.1) is 12.0 Å². The van der Waals surface area contributed by atoms with Gasteiger partial charge in [0.2, 0.25) is 5.95 Å². The molecule has 0 bridgehead atoms. The first-order valence-electron chi connectivity index (χ1n) is 11.7. The Kier molecular flexibility index (Phi) is 6.20. The monoisotopic (exact) mass is 475 g/mol. The number of rotatable bonds is 6. The van der Waals surface area contributed by atoms with Crippen LogP contribution in [0.4, 0.5) is 30.6 Å². The fourth-order valence-corrected chi connectivity index (χ4v) is 4.88. The third kappa shape index (κ3) is 5.03. The number of nitrogens with zero attached hydrogens (tertiary/aromatic N) is 4. The zero-order chi connectivity index (χ0) is 23.7. The van der Waals surface area contributed by atoms with E-state index in [1.165, 1.54) is 18.2 Å². The molecule has 0 radical (unpaired) electrons. The van der Waals surface area contributed by atoms with Crippen LogP contribution in [0, 0.1) is 0 Å². The highest BCUT2D eigenvalue weighted by atomic mass is 19.4. The zero-order valence-electron chi connectivity index (χ0n) is 18.7. The van der Waals surface area contributed by atoms with Crippen LogP contribution in [0.2, 0.25) is 0 Å². The first-order valence-corrected chi connectivity index (χ1v) is 11.7. The third-order valence-electron chi connectivity index (χ3n) is 6.61. The molecular weight excluding hydrogens is 447 g/mol. The maximum atomic E-state index is 12.9. The van der Waals surface area contributed by atoms with E-state index in [9.17, 15) is 13.2 Å². The molecule has 2 aliphatic carbocycles. The van der Waals surface area contributed by atoms with Gasteiger partial charge in [-0.2, -0.15) is 9.97 Å². The Morgan fingerprint density at radius 1 is 1.00 bits per heavy atom. The van der Waals surface area contributed by atoms with Gasteiger partial charge in [0.1, 0.15) is 0 Å². The molecule has 0 saturated heterocycles. The molecule has 2 aromatic heterocycles. The quantitative estimate of drug-likeness (QED) is 0.447. The summed E-state index contributed by atoms with van der Waals surface area (Å²) in [7, 11) is 0. The normalized spacial score (nSPS) is 21.6. The molecule has 182 valence electrons. The molecule has 3 aromatic rings. The van der Waals surface area contributed by atoms with Crippen molar-refractivity contribution in [3.8, 4) is 5.75 Å². The summed E-state index contributed by atoms with van der Waals surface area (Å²) < 4.78 is 45.1. The van der Waals surface area contributed by atoms with Crippen LogP contribution in [0.3, 0.4) is 0 Å². The fourth-order valence-electron chi connectivity index (χ4n) is 4.88. The number of imidazole rings is 1. The molecule has 2 aliphatic rings.